The number of methoxy groups -OCH3 is 2. The lowest BCUT2D eigenvalue weighted by atomic mass is 10.2. The Labute approximate surface area is 118 Å². The molecule has 0 bridgehead atoms. The summed E-state index contributed by atoms with van der Waals surface area (Å²) in [7, 11) is 3.21. The molecule has 0 spiro atoms. The van der Waals surface area contributed by atoms with Crippen molar-refractivity contribution in [3.63, 3.8) is 0 Å². The number of rotatable bonds is 6. The van der Waals surface area contributed by atoms with Crippen molar-refractivity contribution in [2.75, 3.05) is 14.2 Å². The lowest BCUT2D eigenvalue weighted by Crippen LogP contribution is -1.99. The summed E-state index contributed by atoms with van der Waals surface area (Å²) in [4.78, 5) is 0. The lowest BCUT2D eigenvalue weighted by molar-refractivity contribution is 0.274. The van der Waals surface area contributed by atoms with Crippen LogP contribution in [0, 0.1) is 0 Å². The number of benzene rings is 2. The van der Waals surface area contributed by atoms with Gasteiger partial charge >= 0.3 is 0 Å². The van der Waals surface area contributed by atoms with E-state index < -0.39 is 0 Å². The van der Waals surface area contributed by atoms with Crippen molar-refractivity contribution in [1.82, 2.24) is 0 Å². The fraction of sp³-hybridized carbons (Fsp3) is 0.250. The van der Waals surface area contributed by atoms with Crippen LogP contribution in [0.4, 0.5) is 0 Å². The molecule has 0 aliphatic rings. The molecule has 0 heterocycles. The van der Waals surface area contributed by atoms with Gasteiger partial charge in [0.05, 0.1) is 20.8 Å². The first-order valence-corrected chi connectivity index (χ1v) is 6.30. The van der Waals surface area contributed by atoms with Gasteiger partial charge in [-0.25, -0.2) is 0 Å². The molecule has 0 aliphatic heterocycles. The van der Waals surface area contributed by atoms with Gasteiger partial charge in [-0.3, -0.25) is 0 Å². The molecule has 0 atom stereocenters. The van der Waals surface area contributed by atoms with Crippen LogP contribution in [0.25, 0.3) is 0 Å². The summed E-state index contributed by atoms with van der Waals surface area (Å²) < 4.78 is 16.2. The molecule has 0 fully saturated rings. The number of aliphatic hydroxyl groups is 1. The van der Waals surface area contributed by atoms with Crippen molar-refractivity contribution < 1.29 is 19.3 Å². The van der Waals surface area contributed by atoms with E-state index in [9.17, 15) is 0 Å². The maximum atomic E-state index is 9.10. The third kappa shape index (κ3) is 3.42. The zero-order valence-electron chi connectivity index (χ0n) is 11.6. The molecule has 0 unspecified atom stereocenters. The van der Waals surface area contributed by atoms with E-state index in [2.05, 4.69) is 0 Å². The van der Waals surface area contributed by atoms with Gasteiger partial charge in [0.15, 0.2) is 11.5 Å². The van der Waals surface area contributed by atoms with E-state index in [1.165, 1.54) is 0 Å². The van der Waals surface area contributed by atoms with Crippen molar-refractivity contribution >= 4 is 0 Å². The van der Waals surface area contributed by atoms with E-state index in [4.69, 9.17) is 19.3 Å². The van der Waals surface area contributed by atoms with Crippen LogP contribution in [0.3, 0.4) is 0 Å². The fourth-order valence-corrected chi connectivity index (χ4v) is 1.85. The Balaban J connectivity index is 2.10. The Hall–Kier alpha value is -2.20. The Morgan fingerprint density at radius 3 is 2.45 bits per heavy atom. The summed E-state index contributed by atoms with van der Waals surface area (Å²) >= 11 is 0. The van der Waals surface area contributed by atoms with Gasteiger partial charge < -0.3 is 19.3 Å². The van der Waals surface area contributed by atoms with Gasteiger partial charge in [0.25, 0.3) is 0 Å². The molecule has 0 saturated carbocycles. The third-order valence-corrected chi connectivity index (χ3v) is 2.94. The van der Waals surface area contributed by atoms with E-state index in [0.717, 1.165) is 16.9 Å². The monoisotopic (exact) mass is 274 g/mol. The average molecular weight is 274 g/mol. The summed E-state index contributed by atoms with van der Waals surface area (Å²) in [5.41, 5.74) is 1.80. The van der Waals surface area contributed by atoms with Gasteiger partial charge in [-0.1, -0.05) is 18.2 Å². The molecule has 4 heteroatoms. The maximum Gasteiger partial charge on any atom is 0.161 e. The molecule has 20 heavy (non-hydrogen) atoms. The molecular weight excluding hydrogens is 256 g/mol. The molecule has 0 amide bonds. The molecule has 2 rings (SSSR count). The number of aliphatic hydroxyl groups excluding tert-OH is 1. The second-order valence-corrected chi connectivity index (χ2v) is 4.28. The predicted octanol–water partition coefficient (Wildman–Crippen LogP) is 2.78. The first-order valence-electron chi connectivity index (χ1n) is 6.30. The molecule has 0 aromatic heterocycles. The van der Waals surface area contributed by atoms with Gasteiger partial charge in [-0.05, 0) is 35.4 Å². The largest absolute Gasteiger partial charge is 0.497 e. The first-order chi connectivity index (χ1) is 9.76. The molecule has 0 aliphatic carbocycles. The molecule has 2 aromatic carbocycles. The lowest BCUT2D eigenvalue weighted by Gasteiger charge is -2.12. The van der Waals surface area contributed by atoms with Crippen molar-refractivity contribution in [3.8, 4) is 17.2 Å². The molecule has 2 aromatic rings. The van der Waals surface area contributed by atoms with Gasteiger partial charge in [-0.2, -0.15) is 0 Å². The second kappa shape index (κ2) is 6.82. The highest BCUT2D eigenvalue weighted by Gasteiger charge is 2.06. The molecule has 4 nitrogen and oxygen atoms in total. The number of hydrogen-bond donors (Lipinski definition) is 1. The van der Waals surface area contributed by atoms with Gasteiger partial charge in [-0.15, -0.1) is 0 Å². The summed E-state index contributed by atoms with van der Waals surface area (Å²) in [5.74, 6) is 2.06. The molecule has 0 radical (unpaired) electrons. The smallest absolute Gasteiger partial charge is 0.161 e. The topological polar surface area (TPSA) is 47.9 Å². The fourth-order valence-electron chi connectivity index (χ4n) is 1.85. The van der Waals surface area contributed by atoms with Crippen LogP contribution in [0.5, 0.6) is 17.2 Å². The Bertz CT molecular complexity index is 566. The molecule has 1 N–H and O–H groups in total. The van der Waals surface area contributed by atoms with Crippen LogP contribution in [-0.2, 0) is 13.2 Å². The maximum absolute atomic E-state index is 9.10. The van der Waals surface area contributed by atoms with Crippen molar-refractivity contribution in [2.24, 2.45) is 0 Å². The number of ether oxygens (including phenoxy) is 3. The van der Waals surface area contributed by atoms with Crippen LogP contribution < -0.4 is 14.2 Å². The number of hydrogen-bond acceptors (Lipinski definition) is 4. The quantitative estimate of drug-likeness (QED) is 0.880. The van der Waals surface area contributed by atoms with Crippen molar-refractivity contribution in [2.45, 2.75) is 13.2 Å². The highest BCUT2D eigenvalue weighted by atomic mass is 16.5. The zero-order chi connectivity index (χ0) is 14.4. The molecule has 0 saturated heterocycles. The van der Waals surface area contributed by atoms with Crippen molar-refractivity contribution in [1.29, 1.82) is 0 Å². The summed E-state index contributed by atoms with van der Waals surface area (Å²) in [5, 5.41) is 9.10. The first kappa shape index (κ1) is 14.2. The molecular formula is C16H18O4. The van der Waals surface area contributed by atoms with E-state index in [1.807, 2.05) is 30.3 Å². The van der Waals surface area contributed by atoms with Crippen LogP contribution >= 0.6 is 0 Å². The molecule has 106 valence electrons. The van der Waals surface area contributed by atoms with E-state index in [-0.39, 0.29) is 6.61 Å². The minimum absolute atomic E-state index is 0.0213. The summed E-state index contributed by atoms with van der Waals surface area (Å²) in [6, 6.07) is 13.1. The van der Waals surface area contributed by atoms with E-state index in [0.29, 0.717) is 18.1 Å². The minimum Gasteiger partial charge on any atom is -0.497 e. The average Bonchev–Trinajstić information content (AvgIpc) is 2.52. The summed E-state index contributed by atoms with van der Waals surface area (Å²) in [6.45, 7) is 0.401. The van der Waals surface area contributed by atoms with Gasteiger partial charge in [0, 0.05) is 0 Å². The Morgan fingerprint density at radius 1 is 0.900 bits per heavy atom. The normalized spacial score (nSPS) is 10.2. The Kier molecular flexibility index (Phi) is 4.85. The minimum atomic E-state index is -0.0213. The zero-order valence-corrected chi connectivity index (χ0v) is 11.6. The third-order valence-electron chi connectivity index (χ3n) is 2.94. The standard InChI is InChI=1S/C16H18O4/c1-18-14-5-3-4-13(8-14)11-20-15-7-6-12(10-17)9-16(15)19-2/h3-9,17H,10-11H2,1-2H3. The summed E-state index contributed by atoms with van der Waals surface area (Å²) in [6.07, 6.45) is 0. The predicted molar refractivity (Wildman–Crippen MR) is 76.2 cm³/mol. The highest BCUT2D eigenvalue weighted by molar-refractivity contribution is 5.43. The van der Waals surface area contributed by atoms with E-state index >= 15 is 0 Å². The van der Waals surface area contributed by atoms with E-state index in [1.54, 1.807) is 26.4 Å². The van der Waals surface area contributed by atoms with Crippen LogP contribution in [-0.4, -0.2) is 19.3 Å². The second-order valence-electron chi connectivity index (χ2n) is 4.28. The SMILES string of the molecule is COc1cccc(COc2ccc(CO)cc2OC)c1. The Morgan fingerprint density at radius 2 is 1.75 bits per heavy atom. The van der Waals surface area contributed by atoms with Gasteiger partial charge in [0.2, 0.25) is 0 Å². The van der Waals surface area contributed by atoms with Crippen LogP contribution in [0.2, 0.25) is 0 Å². The van der Waals surface area contributed by atoms with Crippen LogP contribution in [0.1, 0.15) is 11.1 Å². The van der Waals surface area contributed by atoms with Gasteiger partial charge in [0.1, 0.15) is 12.4 Å². The highest BCUT2D eigenvalue weighted by Crippen LogP contribution is 2.29. The van der Waals surface area contributed by atoms with Crippen molar-refractivity contribution in [3.05, 3.63) is 53.6 Å². The van der Waals surface area contributed by atoms with Crippen LogP contribution in [0.15, 0.2) is 42.5 Å².